The van der Waals surface area contributed by atoms with Gasteiger partial charge in [0, 0.05) is 19.4 Å². The molecule has 0 heterocycles. The molecule has 0 spiro atoms. The first-order valence-corrected chi connectivity index (χ1v) is 23.2. The predicted octanol–water partition coefficient (Wildman–Crippen LogP) is 13.7. The number of carbonyl (C=O) groups is 2. The lowest BCUT2D eigenvalue weighted by molar-refractivity contribution is -0.149. The topological polar surface area (TPSA) is 76.1 Å². The van der Waals surface area contributed by atoms with Crippen molar-refractivity contribution in [2.75, 3.05) is 32.8 Å². The Morgan fingerprint density at radius 1 is 0.462 bits per heavy atom. The van der Waals surface area contributed by atoms with Crippen molar-refractivity contribution >= 4 is 11.9 Å². The van der Waals surface area contributed by atoms with Gasteiger partial charge in [-0.15, -0.1) is 0 Å². The average Bonchev–Trinajstić information content (AvgIpc) is 3.14. The van der Waals surface area contributed by atoms with E-state index in [4.69, 9.17) is 9.47 Å². The van der Waals surface area contributed by atoms with E-state index in [0.29, 0.717) is 19.4 Å². The zero-order valence-electron chi connectivity index (χ0n) is 36.0. The summed E-state index contributed by atoms with van der Waals surface area (Å²) in [6, 6.07) is 0. The first-order chi connectivity index (χ1) is 25.5. The normalized spacial score (nSPS) is 11.8. The zero-order valence-corrected chi connectivity index (χ0v) is 36.0. The second-order valence-electron chi connectivity index (χ2n) is 15.4. The Kier molecular flexibility index (Phi) is 46.9. The molecule has 1 unspecified atom stereocenters. The third-order valence-electron chi connectivity index (χ3n) is 10.2. The molecule has 0 bridgehead atoms. The molecule has 0 aromatic carbocycles. The smallest absolute Gasteiger partial charge is 0.306 e. The molecule has 0 fully saturated rings. The number of hydrogen-bond acceptors (Lipinski definition) is 6. The molecule has 0 aliphatic rings. The second-order valence-corrected chi connectivity index (χ2v) is 15.4. The van der Waals surface area contributed by atoms with Gasteiger partial charge in [-0.2, -0.15) is 0 Å². The van der Waals surface area contributed by atoms with Gasteiger partial charge in [-0.25, -0.2) is 0 Å². The summed E-state index contributed by atoms with van der Waals surface area (Å²) in [5.41, 5.74) is 0. The average molecular weight is 740 g/mol. The highest BCUT2D eigenvalue weighted by molar-refractivity contribution is 5.69. The Morgan fingerprint density at radius 3 is 1.31 bits per heavy atom. The van der Waals surface area contributed by atoms with Crippen molar-refractivity contribution in [3.05, 3.63) is 0 Å². The molecule has 0 saturated heterocycles. The number of unbranched alkanes of at least 4 members (excludes halogenated alkanes) is 24. The van der Waals surface area contributed by atoms with Crippen molar-refractivity contribution in [2.45, 2.75) is 253 Å². The number of ether oxygens (including phenoxy) is 2. The maximum absolute atomic E-state index is 12.3. The number of rotatable bonds is 40. The molecule has 1 N–H and O–H groups in total. The summed E-state index contributed by atoms with van der Waals surface area (Å²) >= 11 is 0. The molecule has 312 valence electrons. The van der Waals surface area contributed by atoms with E-state index in [1.807, 2.05) is 0 Å². The molecule has 0 aliphatic heterocycles. The van der Waals surface area contributed by atoms with E-state index in [1.54, 1.807) is 0 Å². The van der Waals surface area contributed by atoms with E-state index < -0.39 is 0 Å². The fraction of sp³-hybridized carbons (Fsp3) is 0.957. The lowest BCUT2D eigenvalue weighted by atomic mass is 10.1. The van der Waals surface area contributed by atoms with Crippen LogP contribution in [0.3, 0.4) is 0 Å². The van der Waals surface area contributed by atoms with Crippen molar-refractivity contribution in [1.29, 1.82) is 0 Å². The number of nitrogens with zero attached hydrogens (tertiary/aromatic N) is 1. The van der Waals surface area contributed by atoms with Crippen LogP contribution in [0.2, 0.25) is 0 Å². The minimum Gasteiger partial charge on any atom is -0.466 e. The Balaban J connectivity index is 0. The van der Waals surface area contributed by atoms with E-state index in [1.165, 1.54) is 141 Å². The second kappa shape index (κ2) is 46.0. The Bertz CT molecular complexity index is 698. The van der Waals surface area contributed by atoms with Crippen LogP contribution in [-0.4, -0.2) is 60.9 Å². The van der Waals surface area contributed by atoms with E-state index in [2.05, 4.69) is 39.5 Å². The molecular weight excluding hydrogens is 647 g/mol. The summed E-state index contributed by atoms with van der Waals surface area (Å²) in [5, 5.41) is 9.47. The molecule has 0 amide bonds. The number of hydrogen-bond donors (Lipinski definition) is 1. The molecule has 0 aromatic heterocycles. The van der Waals surface area contributed by atoms with Crippen molar-refractivity contribution in [3.63, 3.8) is 0 Å². The van der Waals surface area contributed by atoms with Gasteiger partial charge in [-0.1, -0.05) is 182 Å². The number of esters is 2. The molecule has 0 rings (SSSR count). The van der Waals surface area contributed by atoms with Crippen LogP contribution in [0.4, 0.5) is 0 Å². The first-order valence-electron chi connectivity index (χ1n) is 23.2. The quantitative estimate of drug-likeness (QED) is 0.0498. The molecule has 6 heteroatoms. The van der Waals surface area contributed by atoms with E-state index in [0.717, 1.165) is 77.4 Å². The highest BCUT2D eigenvalue weighted by Crippen LogP contribution is 2.15. The molecule has 0 aromatic rings. The summed E-state index contributed by atoms with van der Waals surface area (Å²) in [7, 11) is 0. The summed E-state index contributed by atoms with van der Waals surface area (Å²) in [5.74, 6) is -0.0409. The van der Waals surface area contributed by atoms with Crippen LogP contribution in [0.25, 0.3) is 0 Å². The highest BCUT2D eigenvalue weighted by Gasteiger charge is 2.12. The van der Waals surface area contributed by atoms with Gasteiger partial charge in [0.2, 0.25) is 0 Å². The van der Waals surface area contributed by atoms with Gasteiger partial charge in [-0.05, 0) is 64.5 Å². The molecule has 0 aliphatic carbocycles. The van der Waals surface area contributed by atoms with Gasteiger partial charge < -0.3 is 19.5 Å². The first kappa shape index (κ1) is 53.0. The number of aliphatic hydroxyl groups is 1. The Morgan fingerprint density at radius 2 is 0.846 bits per heavy atom. The predicted molar refractivity (Wildman–Crippen MR) is 225 cm³/mol. The Labute approximate surface area is 325 Å². The van der Waals surface area contributed by atoms with Crippen molar-refractivity contribution in [2.24, 2.45) is 0 Å². The minimum atomic E-state index is -0.0256. The molecule has 1 atom stereocenters. The minimum absolute atomic E-state index is 0.0152. The van der Waals surface area contributed by atoms with Crippen LogP contribution >= 0.6 is 0 Å². The lowest BCUT2D eigenvalue weighted by Crippen LogP contribution is -2.29. The van der Waals surface area contributed by atoms with Crippen LogP contribution < -0.4 is 0 Å². The van der Waals surface area contributed by atoms with Crippen LogP contribution in [0.15, 0.2) is 0 Å². The third kappa shape index (κ3) is 43.3. The highest BCUT2D eigenvalue weighted by atomic mass is 16.5. The lowest BCUT2D eigenvalue weighted by Gasteiger charge is -2.21. The van der Waals surface area contributed by atoms with E-state index in [-0.39, 0.29) is 24.6 Å². The largest absolute Gasteiger partial charge is 0.466 e. The van der Waals surface area contributed by atoms with Crippen molar-refractivity contribution in [1.82, 2.24) is 4.90 Å². The van der Waals surface area contributed by atoms with Crippen molar-refractivity contribution in [3.8, 4) is 0 Å². The number of carbonyl (C=O) groups excluding carboxylic acids is 2. The van der Waals surface area contributed by atoms with Gasteiger partial charge in [0.15, 0.2) is 0 Å². The molecule has 52 heavy (non-hydrogen) atoms. The zero-order chi connectivity index (χ0) is 38.6. The van der Waals surface area contributed by atoms with Gasteiger partial charge in [0.1, 0.15) is 6.10 Å². The maximum atomic E-state index is 12.3. The molecule has 0 radical (unpaired) electrons. The third-order valence-corrected chi connectivity index (χ3v) is 10.2. The van der Waals surface area contributed by atoms with Crippen LogP contribution in [-0.2, 0) is 19.1 Å². The number of aliphatic hydroxyl groups excluding tert-OH is 1. The monoisotopic (exact) mass is 740 g/mol. The van der Waals surface area contributed by atoms with Gasteiger partial charge in [0.25, 0.3) is 0 Å². The van der Waals surface area contributed by atoms with E-state index >= 15 is 0 Å². The fourth-order valence-electron chi connectivity index (χ4n) is 6.66. The van der Waals surface area contributed by atoms with E-state index in [9.17, 15) is 14.7 Å². The summed E-state index contributed by atoms with van der Waals surface area (Å²) in [4.78, 5) is 26.6. The molecular formula is C46H93NO5. The van der Waals surface area contributed by atoms with Crippen LogP contribution in [0.1, 0.15) is 247 Å². The molecule has 0 saturated carbocycles. The fourth-order valence-corrected chi connectivity index (χ4v) is 6.66. The maximum Gasteiger partial charge on any atom is 0.306 e. The van der Waals surface area contributed by atoms with Crippen LogP contribution in [0, 0.1) is 0 Å². The van der Waals surface area contributed by atoms with Crippen molar-refractivity contribution < 1.29 is 24.2 Å². The summed E-state index contributed by atoms with van der Waals surface area (Å²) in [6.45, 7) is 14.7. The summed E-state index contributed by atoms with van der Waals surface area (Å²) in [6.07, 6.45) is 38.8. The van der Waals surface area contributed by atoms with Crippen LogP contribution in [0.5, 0.6) is 0 Å². The SMILES string of the molecule is CCCCCCC.CCCCCCCCCOC(=O)CCCCCCCCN(CCO)CCCCCCCC(=O)OC(CC)CCCCCCCC. The standard InChI is InChI=1S/C39H77NO5.C7H16/c1-4-7-9-11-15-22-28-36-44-38(42)30-24-18-13-14-20-26-32-40(34-35-41)33-27-21-16-19-25-31-39(43)45-37(6-3)29-23-17-12-10-8-5-2;1-3-5-7-6-4-2/h37,41H,4-36H2,1-3H3;3-7H2,1-2H3. The van der Waals surface area contributed by atoms with Gasteiger partial charge in [0.05, 0.1) is 13.2 Å². The van der Waals surface area contributed by atoms with Gasteiger partial charge in [-0.3, -0.25) is 9.59 Å². The molecule has 6 nitrogen and oxygen atoms in total. The Hall–Kier alpha value is -1.14. The van der Waals surface area contributed by atoms with Gasteiger partial charge >= 0.3 is 11.9 Å². The summed E-state index contributed by atoms with van der Waals surface area (Å²) < 4.78 is 11.1.